The second-order valence-electron chi connectivity index (χ2n) is 9.86. The summed E-state index contributed by atoms with van der Waals surface area (Å²) in [5.74, 6) is 0.725. The molecule has 1 aromatic heterocycles. The molecule has 1 unspecified atom stereocenters. The zero-order valence-electron chi connectivity index (χ0n) is 20.9. The van der Waals surface area contributed by atoms with Gasteiger partial charge in [0.05, 0.1) is 26.0 Å². The van der Waals surface area contributed by atoms with Crippen LogP contribution in [-0.4, -0.2) is 58.5 Å². The maximum Gasteiger partial charge on any atom is 0.276 e. The molecular weight excluding hydrogens is 458 g/mol. The van der Waals surface area contributed by atoms with Crippen LogP contribution in [0.15, 0.2) is 35.9 Å². The van der Waals surface area contributed by atoms with Crippen LogP contribution in [0.4, 0.5) is 0 Å². The Hall–Kier alpha value is -3.20. The largest absolute Gasteiger partial charge is 0.497 e. The molecule has 1 fully saturated rings. The number of nitrogens with zero attached hydrogens (tertiary/aromatic N) is 4. The highest BCUT2D eigenvalue weighted by Gasteiger charge is 2.33. The van der Waals surface area contributed by atoms with Crippen LogP contribution in [0.1, 0.15) is 72.8 Å². The van der Waals surface area contributed by atoms with E-state index in [2.05, 4.69) is 21.7 Å². The van der Waals surface area contributed by atoms with Crippen molar-refractivity contribution in [2.75, 3.05) is 26.7 Å². The summed E-state index contributed by atoms with van der Waals surface area (Å²) in [5.41, 5.74) is 3.56. The van der Waals surface area contributed by atoms with Crippen molar-refractivity contribution in [1.29, 1.82) is 0 Å². The molecule has 3 aliphatic rings. The third-order valence-electron chi connectivity index (χ3n) is 7.57. The number of methoxy groups -OCH3 is 1. The Kier molecular flexibility index (Phi) is 7.65. The Morgan fingerprint density at radius 1 is 1.17 bits per heavy atom. The van der Waals surface area contributed by atoms with Gasteiger partial charge in [0.15, 0.2) is 5.69 Å². The summed E-state index contributed by atoms with van der Waals surface area (Å²) in [6.45, 7) is 2.57. The first kappa shape index (κ1) is 24.5. The number of nitrogens with one attached hydrogen (secondary N) is 1. The average Bonchev–Trinajstić information content (AvgIpc) is 3.36. The molecule has 0 saturated carbocycles. The highest BCUT2D eigenvalue weighted by Crippen LogP contribution is 2.29. The van der Waals surface area contributed by atoms with Crippen molar-refractivity contribution in [2.24, 2.45) is 5.92 Å². The molecule has 9 heteroatoms. The predicted molar refractivity (Wildman–Crippen MR) is 133 cm³/mol. The number of aromatic nitrogens is 3. The molecule has 0 spiro atoms. The van der Waals surface area contributed by atoms with E-state index in [0.717, 1.165) is 24.2 Å². The van der Waals surface area contributed by atoms with Gasteiger partial charge in [0.1, 0.15) is 11.9 Å². The number of hydrogen-bond acceptors (Lipinski definition) is 6. The molecule has 1 saturated heterocycles. The first-order chi connectivity index (χ1) is 17.6. The van der Waals surface area contributed by atoms with Crippen molar-refractivity contribution < 1.29 is 19.1 Å². The van der Waals surface area contributed by atoms with Crippen molar-refractivity contribution in [1.82, 2.24) is 25.2 Å². The van der Waals surface area contributed by atoms with Crippen molar-refractivity contribution in [2.45, 2.75) is 64.2 Å². The number of benzene rings is 1. The third-order valence-corrected chi connectivity index (χ3v) is 7.57. The van der Waals surface area contributed by atoms with Crippen LogP contribution in [0.5, 0.6) is 5.75 Å². The molecule has 192 valence electrons. The summed E-state index contributed by atoms with van der Waals surface area (Å²) in [4.78, 5) is 27.6. The molecule has 1 aromatic carbocycles. The van der Waals surface area contributed by atoms with Gasteiger partial charge in [0.2, 0.25) is 5.91 Å². The minimum atomic E-state index is -0.156. The molecule has 0 radical (unpaired) electrons. The quantitative estimate of drug-likeness (QED) is 0.594. The van der Waals surface area contributed by atoms with Crippen molar-refractivity contribution in [3.8, 4) is 5.75 Å². The van der Waals surface area contributed by atoms with Crippen LogP contribution in [0.2, 0.25) is 0 Å². The lowest BCUT2D eigenvalue weighted by molar-refractivity contribution is -0.126. The van der Waals surface area contributed by atoms with Crippen LogP contribution in [0.3, 0.4) is 0 Å². The topological polar surface area (TPSA) is 98.6 Å². The maximum absolute atomic E-state index is 13.2. The second-order valence-corrected chi connectivity index (χ2v) is 9.86. The predicted octanol–water partition coefficient (Wildman–Crippen LogP) is 3.42. The average molecular weight is 494 g/mol. The number of allylic oxidation sites excluding steroid dienone is 1. The summed E-state index contributed by atoms with van der Waals surface area (Å²) in [6.07, 6.45) is 9.32. The van der Waals surface area contributed by atoms with Crippen molar-refractivity contribution >= 4 is 11.8 Å². The smallest absolute Gasteiger partial charge is 0.276 e. The van der Waals surface area contributed by atoms with Gasteiger partial charge in [-0.2, -0.15) is 0 Å². The Morgan fingerprint density at radius 3 is 2.69 bits per heavy atom. The lowest BCUT2D eigenvalue weighted by Crippen LogP contribution is -2.43. The Bertz CT molecular complexity index is 1100. The van der Waals surface area contributed by atoms with Crippen LogP contribution < -0.4 is 10.1 Å². The van der Waals surface area contributed by atoms with Crippen LogP contribution >= 0.6 is 0 Å². The molecule has 2 amide bonds. The molecule has 5 rings (SSSR count). The summed E-state index contributed by atoms with van der Waals surface area (Å²) in [7, 11) is 1.64. The molecule has 3 heterocycles. The van der Waals surface area contributed by atoms with E-state index in [1.165, 1.54) is 24.8 Å². The molecule has 0 bridgehead atoms. The number of rotatable bonds is 7. The summed E-state index contributed by atoms with van der Waals surface area (Å²) in [5, 5.41) is 11.6. The standard InChI is InChI=1S/C27H35N5O4/c1-35-22-9-7-20(8-10-22)24-17-32-23(18-36-24)25(29-30-32)27(34)31-15-12-21(13-16-31)26(33)28-14-11-19-5-3-2-4-6-19/h5,7-10,21,24H,2-4,6,11-18H2,1H3,(H,28,33). The highest BCUT2D eigenvalue weighted by molar-refractivity contribution is 5.93. The van der Waals surface area contributed by atoms with Gasteiger partial charge in [0.25, 0.3) is 5.91 Å². The molecule has 2 aromatic rings. The fourth-order valence-corrected chi connectivity index (χ4v) is 5.31. The number of piperidine rings is 1. The van der Waals surface area contributed by atoms with Crippen LogP contribution in [0.25, 0.3) is 0 Å². The maximum atomic E-state index is 13.2. The van der Waals surface area contributed by atoms with Crippen LogP contribution in [0, 0.1) is 5.92 Å². The minimum Gasteiger partial charge on any atom is -0.497 e. The Morgan fingerprint density at radius 2 is 1.97 bits per heavy atom. The van der Waals surface area contributed by atoms with Gasteiger partial charge in [-0.3, -0.25) is 9.59 Å². The van der Waals surface area contributed by atoms with Gasteiger partial charge in [-0.1, -0.05) is 29.0 Å². The molecule has 1 atom stereocenters. The fourth-order valence-electron chi connectivity index (χ4n) is 5.31. The van der Waals surface area contributed by atoms with Crippen molar-refractivity contribution in [3.05, 3.63) is 52.9 Å². The van der Waals surface area contributed by atoms with E-state index < -0.39 is 0 Å². The summed E-state index contributed by atoms with van der Waals surface area (Å²) >= 11 is 0. The lowest BCUT2D eigenvalue weighted by atomic mass is 9.95. The zero-order chi connectivity index (χ0) is 24.9. The van der Waals surface area contributed by atoms with E-state index in [0.29, 0.717) is 50.4 Å². The second kappa shape index (κ2) is 11.2. The number of likely N-dealkylation sites (tertiary alicyclic amines) is 1. The monoisotopic (exact) mass is 493 g/mol. The molecule has 1 N–H and O–H groups in total. The third kappa shape index (κ3) is 5.46. The number of carbonyl (C=O) groups excluding carboxylic acids is 2. The van der Waals surface area contributed by atoms with E-state index in [4.69, 9.17) is 9.47 Å². The Balaban J connectivity index is 1.11. The van der Waals surface area contributed by atoms with E-state index in [1.54, 1.807) is 16.7 Å². The van der Waals surface area contributed by atoms with Crippen LogP contribution in [-0.2, 0) is 22.7 Å². The van der Waals surface area contributed by atoms with Gasteiger partial charge in [-0.25, -0.2) is 4.68 Å². The summed E-state index contributed by atoms with van der Waals surface area (Å²) < 4.78 is 13.1. The Labute approximate surface area is 211 Å². The van der Waals surface area contributed by atoms with Gasteiger partial charge >= 0.3 is 0 Å². The number of hydrogen-bond donors (Lipinski definition) is 1. The van der Waals surface area contributed by atoms with E-state index in [1.807, 2.05) is 24.3 Å². The first-order valence-electron chi connectivity index (χ1n) is 13.0. The van der Waals surface area contributed by atoms with E-state index >= 15 is 0 Å². The van der Waals surface area contributed by atoms with Gasteiger partial charge in [0, 0.05) is 25.6 Å². The highest BCUT2D eigenvalue weighted by atomic mass is 16.5. The SMILES string of the molecule is COc1ccc(C2Cn3nnc(C(=O)N4CCC(C(=O)NCCC5=CCCCC5)CC4)c3CO2)cc1. The van der Waals surface area contributed by atoms with Gasteiger partial charge in [-0.05, 0) is 62.6 Å². The molecule has 36 heavy (non-hydrogen) atoms. The van der Waals surface area contributed by atoms with E-state index in [9.17, 15) is 9.59 Å². The molecular formula is C27H35N5O4. The normalized spacial score (nSPS) is 20.4. The minimum absolute atomic E-state index is 0.0444. The zero-order valence-corrected chi connectivity index (χ0v) is 20.9. The summed E-state index contributed by atoms with van der Waals surface area (Å²) in [6, 6.07) is 7.77. The molecule has 2 aliphatic heterocycles. The molecule has 1 aliphatic carbocycles. The number of ether oxygens (including phenoxy) is 2. The van der Waals surface area contributed by atoms with Gasteiger partial charge < -0.3 is 19.7 Å². The van der Waals surface area contributed by atoms with Gasteiger partial charge in [-0.15, -0.1) is 5.10 Å². The number of carbonyl (C=O) groups is 2. The fraction of sp³-hybridized carbons (Fsp3) is 0.556. The number of fused-ring (bicyclic) bond motifs is 1. The first-order valence-corrected chi connectivity index (χ1v) is 13.0. The van der Waals surface area contributed by atoms with E-state index in [-0.39, 0.29) is 30.4 Å². The lowest BCUT2D eigenvalue weighted by Gasteiger charge is -2.31. The number of amides is 2. The molecule has 9 nitrogen and oxygen atoms in total. The van der Waals surface area contributed by atoms with Crippen molar-refractivity contribution in [3.63, 3.8) is 0 Å².